The minimum atomic E-state index is -0.826. The van der Waals surface area contributed by atoms with Crippen molar-refractivity contribution in [3.8, 4) is 17.1 Å². The Morgan fingerprint density at radius 2 is 1.57 bits per heavy atom. The number of benzene rings is 3. The highest BCUT2D eigenvalue weighted by Crippen LogP contribution is 2.31. The number of aromatic nitrogens is 3. The number of amides is 2. The molecule has 3 aromatic carbocycles. The van der Waals surface area contributed by atoms with E-state index in [1.807, 2.05) is 6.07 Å². The van der Waals surface area contributed by atoms with Crippen LogP contribution in [0.1, 0.15) is 17.3 Å². The van der Waals surface area contributed by atoms with Gasteiger partial charge >= 0.3 is 0 Å². The van der Waals surface area contributed by atoms with E-state index in [0.717, 1.165) is 36.0 Å². The molecule has 1 heterocycles. The zero-order chi connectivity index (χ0) is 24.9. The van der Waals surface area contributed by atoms with Gasteiger partial charge in [-0.1, -0.05) is 42.1 Å². The van der Waals surface area contributed by atoms with Crippen molar-refractivity contribution in [2.24, 2.45) is 0 Å². The highest BCUT2D eigenvalue weighted by Gasteiger charge is 2.24. The predicted molar refractivity (Wildman–Crippen MR) is 124 cm³/mol. The zero-order valence-electron chi connectivity index (χ0n) is 18.2. The van der Waals surface area contributed by atoms with E-state index in [1.54, 1.807) is 31.2 Å². The molecule has 0 aliphatic rings. The number of hydrazine groups is 1. The topological polar surface area (TPSA) is 88.9 Å². The molecule has 11 heteroatoms. The molecule has 178 valence electrons. The minimum Gasteiger partial charge on any atom is -0.272 e. The first-order chi connectivity index (χ1) is 16.8. The van der Waals surface area contributed by atoms with Gasteiger partial charge in [0, 0.05) is 17.2 Å². The highest BCUT2D eigenvalue weighted by molar-refractivity contribution is 8.00. The second-order valence-corrected chi connectivity index (χ2v) is 8.62. The Bertz CT molecular complexity index is 1360. The molecule has 4 aromatic rings. The molecular formula is C24H18F3N5O2S. The molecule has 35 heavy (non-hydrogen) atoms. The van der Waals surface area contributed by atoms with Crippen LogP contribution in [0, 0.1) is 17.5 Å². The lowest BCUT2D eigenvalue weighted by Crippen LogP contribution is -2.45. The van der Waals surface area contributed by atoms with Crippen LogP contribution in [0.2, 0.25) is 0 Å². The van der Waals surface area contributed by atoms with Crippen molar-refractivity contribution < 1.29 is 22.8 Å². The SMILES string of the molecule is C[C@H](Sc1nnc(-c2ccccc2)n1-c1ccc(F)cc1F)C(=O)NNC(=O)c1ccc(F)cc1. The maximum absolute atomic E-state index is 14.7. The summed E-state index contributed by atoms with van der Waals surface area (Å²) < 4.78 is 42.7. The molecule has 0 bridgehead atoms. The van der Waals surface area contributed by atoms with Gasteiger partial charge in [0.15, 0.2) is 11.0 Å². The lowest BCUT2D eigenvalue weighted by Gasteiger charge is -2.15. The van der Waals surface area contributed by atoms with E-state index in [1.165, 1.54) is 22.8 Å². The summed E-state index contributed by atoms with van der Waals surface area (Å²) in [6.45, 7) is 1.56. The largest absolute Gasteiger partial charge is 0.272 e. The second-order valence-electron chi connectivity index (χ2n) is 7.31. The van der Waals surface area contributed by atoms with Crippen LogP contribution in [0.4, 0.5) is 13.2 Å². The number of halogens is 3. The molecule has 4 rings (SSSR count). The second kappa shape index (κ2) is 10.4. The van der Waals surface area contributed by atoms with E-state index in [4.69, 9.17) is 0 Å². The molecule has 7 nitrogen and oxygen atoms in total. The van der Waals surface area contributed by atoms with Crippen LogP contribution in [0.3, 0.4) is 0 Å². The predicted octanol–water partition coefficient (Wildman–Crippen LogP) is 4.29. The third-order valence-corrected chi connectivity index (χ3v) is 5.92. The number of nitrogens with one attached hydrogen (secondary N) is 2. The van der Waals surface area contributed by atoms with E-state index >= 15 is 0 Å². The van der Waals surface area contributed by atoms with Crippen LogP contribution in [-0.4, -0.2) is 31.8 Å². The molecule has 2 amide bonds. The molecule has 0 aliphatic heterocycles. The summed E-state index contributed by atoms with van der Waals surface area (Å²) >= 11 is 0.967. The van der Waals surface area contributed by atoms with Gasteiger partial charge in [0.05, 0.1) is 10.9 Å². The molecule has 0 saturated heterocycles. The van der Waals surface area contributed by atoms with Gasteiger partial charge in [-0.05, 0) is 43.3 Å². The molecule has 0 saturated carbocycles. The molecule has 1 atom stereocenters. The standard InChI is InChI=1S/C24H18F3N5O2S/c1-14(22(33)29-30-23(34)16-7-9-17(25)10-8-16)35-24-31-28-21(15-5-3-2-4-6-15)32(24)20-12-11-18(26)13-19(20)27/h2-14H,1H3,(H,29,33)(H,30,34)/t14-/m0/s1. The summed E-state index contributed by atoms with van der Waals surface area (Å²) in [5.41, 5.74) is 5.36. The van der Waals surface area contributed by atoms with Crippen molar-refractivity contribution in [2.75, 3.05) is 0 Å². The van der Waals surface area contributed by atoms with E-state index in [0.29, 0.717) is 11.4 Å². The minimum absolute atomic E-state index is 0.00924. The maximum Gasteiger partial charge on any atom is 0.269 e. The third-order valence-electron chi connectivity index (χ3n) is 4.87. The Morgan fingerprint density at radius 3 is 2.26 bits per heavy atom. The Hall–Kier alpha value is -4.12. The summed E-state index contributed by atoms with van der Waals surface area (Å²) in [4.78, 5) is 24.7. The summed E-state index contributed by atoms with van der Waals surface area (Å²) in [7, 11) is 0. The fourth-order valence-electron chi connectivity index (χ4n) is 3.11. The van der Waals surface area contributed by atoms with Gasteiger partial charge < -0.3 is 0 Å². The fourth-order valence-corrected chi connectivity index (χ4v) is 3.97. The zero-order valence-corrected chi connectivity index (χ0v) is 19.0. The number of carbonyl (C=O) groups excluding carboxylic acids is 2. The van der Waals surface area contributed by atoms with E-state index in [-0.39, 0.29) is 16.4 Å². The quantitative estimate of drug-likeness (QED) is 0.307. The first-order valence-corrected chi connectivity index (χ1v) is 11.2. The molecule has 0 radical (unpaired) electrons. The van der Waals surface area contributed by atoms with Gasteiger partial charge in [-0.3, -0.25) is 25.0 Å². The first kappa shape index (κ1) is 24.0. The molecular weight excluding hydrogens is 479 g/mol. The van der Waals surface area contributed by atoms with Crippen LogP contribution in [0.15, 0.2) is 78.0 Å². The molecule has 2 N–H and O–H groups in total. The Labute approximate surface area is 202 Å². The Morgan fingerprint density at radius 1 is 0.886 bits per heavy atom. The summed E-state index contributed by atoms with van der Waals surface area (Å²) in [6, 6.07) is 16.8. The van der Waals surface area contributed by atoms with Crippen molar-refractivity contribution in [1.29, 1.82) is 0 Å². The number of hydrogen-bond acceptors (Lipinski definition) is 5. The molecule has 0 spiro atoms. The van der Waals surface area contributed by atoms with Gasteiger partial charge in [-0.25, -0.2) is 13.2 Å². The van der Waals surface area contributed by atoms with Crippen LogP contribution in [0.25, 0.3) is 17.1 Å². The fraction of sp³-hybridized carbons (Fsp3) is 0.0833. The van der Waals surface area contributed by atoms with Crippen LogP contribution in [-0.2, 0) is 4.79 Å². The normalized spacial score (nSPS) is 11.7. The lowest BCUT2D eigenvalue weighted by molar-refractivity contribution is -0.121. The number of rotatable bonds is 6. The van der Waals surface area contributed by atoms with E-state index in [2.05, 4.69) is 21.0 Å². The average Bonchev–Trinajstić information content (AvgIpc) is 3.26. The Kier molecular flexibility index (Phi) is 7.16. The lowest BCUT2D eigenvalue weighted by atomic mass is 10.2. The van der Waals surface area contributed by atoms with Gasteiger partial charge in [0.2, 0.25) is 0 Å². The summed E-state index contributed by atoms with van der Waals surface area (Å²) in [5.74, 6) is -2.95. The number of hydrogen-bond donors (Lipinski definition) is 2. The van der Waals surface area contributed by atoms with Gasteiger partial charge in [0.25, 0.3) is 11.8 Å². The molecule has 0 fully saturated rings. The number of nitrogens with zero attached hydrogens (tertiary/aromatic N) is 3. The number of thioether (sulfide) groups is 1. The van der Waals surface area contributed by atoms with Gasteiger partial charge in [-0.15, -0.1) is 10.2 Å². The monoisotopic (exact) mass is 497 g/mol. The van der Waals surface area contributed by atoms with Crippen molar-refractivity contribution in [2.45, 2.75) is 17.3 Å². The summed E-state index contributed by atoms with van der Waals surface area (Å²) in [6.07, 6.45) is 0. The highest BCUT2D eigenvalue weighted by atomic mass is 32.2. The smallest absolute Gasteiger partial charge is 0.269 e. The molecule has 0 aliphatic carbocycles. The van der Waals surface area contributed by atoms with Crippen LogP contribution < -0.4 is 10.9 Å². The molecule has 1 aromatic heterocycles. The Balaban J connectivity index is 1.55. The summed E-state index contributed by atoms with van der Waals surface area (Å²) in [5, 5.41) is 7.67. The first-order valence-electron chi connectivity index (χ1n) is 10.3. The van der Waals surface area contributed by atoms with E-state index < -0.39 is 34.5 Å². The van der Waals surface area contributed by atoms with Crippen molar-refractivity contribution in [3.05, 3.63) is 95.8 Å². The maximum atomic E-state index is 14.7. The average molecular weight is 498 g/mol. The third kappa shape index (κ3) is 5.52. The van der Waals surface area contributed by atoms with Gasteiger partial charge in [-0.2, -0.15) is 0 Å². The van der Waals surface area contributed by atoms with E-state index in [9.17, 15) is 22.8 Å². The van der Waals surface area contributed by atoms with Crippen LogP contribution in [0.5, 0.6) is 0 Å². The van der Waals surface area contributed by atoms with Crippen LogP contribution >= 0.6 is 11.8 Å². The number of carbonyl (C=O) groups is 2. The van der Waals surface area contributed by atoms with Crippen molar-refractivity contribution >= 4 is 23.6 Å². The van der Waals surface area contributed by atoms with Gasteiger partial charge in [0.1, 0.15) is 17.5 Å². The van der Waals surface area contributed by atoms with Crippen molar-refractivity contribution in [3.63, 3.8) is 0 Å². The van der Waals surface area contributed by atoms with Crippen molar-refractivity contribution in [1.82, 2.24) is 25.6 Å². The molecule has 0 unspecified atom stereocenters.